The Bertz CT molecular complexity index is 610. The number of rotatable bonds is 5. The van der Waals surface area contributed by atoms with Crippen molar-refractivity contribution in [3.63, 3.8) is 0 Å². The molecule has 2 aromatic rings. The first-order chi connectivity index (χ1) is 9.61. The van der Waals surface area contributed by atoms with Crippen LogP contribution in [0.5, 0.6) is 0 Å². The molecule has 4 nitrogen and oxygen atoms in total. The maximum Gasteiger partial charge on any atom is 0.252 e. The van der Waals surface area contributed by atoms with Gasteiger partial charge in [0.1, 0.15) is 0 Å². The number of para-hydroxylation sites is 1. The summed E-state index contributed by atoms with van der Waals surface area (Å²) in [6.45, 7) is 4.55. The molecule has 3 N–H and O–H groups in total. The zero-order chi connectivity index (χ0) is 14.5. The number of amides is 1. The van der Waals surface area contributed by atoms with Crippen molar-refractivity contribution in [2.45, 2.75) is 32.7 Å². The summed E-state index contributed by atoms with van der Waals surface area (Å²) < 4.78 is 0. The van der Waals surface area contributed by atoms with E-state index in [-0.39, 0.29) is 11.9 Å². The van der Waals surface area contributed by atoms with Crippen LogP contribution >= 0.6 is 0 Å². The summed E-state index contributed by atoms with van der Waals surface area (Å²) in [6, 6.07) is 9.67. The van der Waals surface area contributed by atoms with Crippen LogP contribution in [0.15, 0.2) is 30.3 Å². The lowest BCUT2D eigenvalue weighted by molar-refractivity contribution is 0.0954. The molecule has 2 rings (SSSR count). The average molecular weight is 271 g/mol. The number of hydrogen-bond acceptors (Lipinski definition) is 3. The number of aromatic nitrogens is 1. The highest BCUT2D eigenvalue weighted by Gasteiger charge is 2.11. The lowest BCUT2D eigenvalue weighted by Crippen LogP contribution is -2.30. The normalized spacial score (nSPS) is 12.3. The lowest BCUT2D eigenvalue weighted by atomic mass is 10.1. The summed E-state index contributed by atoms with van der Waals surface area (Å²) >= 11 is 0. The predicted molar refractivity (Wildman–Crippen MR) is 81.7 cm³/mol. The predicted octanol–water partition coefficient (Wildman–Crippen LogP) is 2.40. The van der Waals surface area contributed by atoms with Gasteiger partial charge in [-0.3, -0.25) is 9.78 Å². The van der Waals surface area contributed by atoms with Crippen molar-refractivity contribution in [2.75, 3.05) is 6.54 Å². The average Bonchev–Trinajstić information content (AvgIpc) is 2.45. The first kappa shape index (κ1) is 14.5. The smallest absolute Gasteiger partial charge is 0.252 e. The van der Waals surface area contributed by atoms with Crippen LogP contribution in [-0.4, -0.2) is 23.5 Å². The monoisotopic (exact) mass is 271 g/mol. The number of nitrogens with one attached hydrogen (secondary N) is 1. The van der Waals surface area contributed by atoms with Crippen molar-refractivity contribution in [2.24, 2.45) is 5.73 Å². The third kappa shape index (κ3) is 3.33. The van der Waals surface area contributed by atoms with Gasteiger partial charge in [0, 0.05) is 23.7 Å². The summed E-state index contributed by atoms with van der Waals surface area (Å²) in [5, 5.41) is 3.82. The third-order valence-electron chi connectivity index (χ3n) is 3.41. The van der Waals surface area contributed by atoms with E-state index in [9.17, 15) is 4.79 Å². The number of fused-ring (bicyclic) bond motifs is 1. The molecule has 1 aromatic carbocycles. The van der Waals surface area contributed by atoms with Crippen molar-refractivity contribution >= 4 is 16.8 Å². The highest BCUT2D eigenvalue weighted by atomic mass is 16.1. The number of nitrogens with zero attached hydrogens (tertiary/aromatic N) is 1. The third-order valence-corrected chi connectivity index (χ3v) is 3.41. The standard InChI is InChI=1S/C16H21N3O/c1-3-12(17)8-9-18-16(20)14-10-11(2)19-15-7-5-4-6-13(14)15/h4-7,10,12H,3,8-9,17H2,1-2H3,(H,18,20). The molecule has 0 radical (unpaired) electrons. The fourth-order valence-electron chi connectivity index (χ4n) is 2.17. The van der Waals surface area contributed by atoms with Crippen LogP contribution in [0.25, 0.3) is 10.9 Å². The Balaban J connectivity index is 2.17. The van der Waals surface area contributed by atoms with Crippen LogP contribution < -0.4 is 11.1 Å². The number of carbonyl (C=O) groups excluding carboxylic acids is 1. The summed E-state index contributed by atoms with van der Waals surface area (Å²) in [5.74, 6) is -0.0602. The van der Waals surface area contributed by atoms with E-state index in [2.05, 4.69) is 10.3 Å². The maximum atomic E-state index is 12.3. The minimum Gasteiger partial charge on any atom is -0.352 e. The zero-order valence-corrected chi connectivity index (χ0v) is 12.0. The van der Waals surface area contributed by atoms with Gasteiger partial charge in [0.05, 0.1) is 11.1 Å². The molecular weight excluding hydrogens is 250 g/mol. The molecule has 1 amide bonds. The van der Waals surface area contributed by atoms with Crippen molar-refractivity contribution in [3.8, 4) is 0 Å². The molecule has 20 heavy (non-hydrogen) atoms. The van der Waals surface area contributed by atoms with Crippen molar-refractivity contribution in [3.05, 3.63) is 41.6 Å². The van der Waals surface area contributed by atoms with E-state index in [0.29, 0.717) is 12.1 Å². The molecule has 0 aliphatic carbocycles. The summed E-state index contributed by atoms with van der Waals surface area (Å²) in [4.78, 5) is 16.7. The van der Waals surface area contributed by atoms with Crippen LogP contribution in [0.2, 0.25) is 0 Å². The quantitative estimate of drug-likeness (QED) is 0.877. The van der Waals surface area contributed by atoms with Crippen LogP contribution in [0, 0.1) is 6.92 Å². The second-order valence-electron chi connectivity index (χ2n) is 5.04. The molecule has 0 fully saturated rings. The second kappa shape index (κ2) is 6.48. The Kier molecular flexibility index (Phi) is 4.69. The van der Waals surface area contributed by atoms with Gasteiger partial charge in [0.2, 0.25) is 0 Å². The van der Waals surface area contributed by atoms with Gasteiger partial charge in [-0.25, -0.2) is 0 Å². The Morgan fingerprint density at radius 3 is 2.90 bits per heavy atom. The van der Waals surface area contributed by atoms with Gasteiger partial charge in [0.25, 0.3) is 5.91 Å². The van der Waals surface area contributed by atoms with Crippen molar-refractivity contribution < 1.29 is 4.79 Å². The second-order valence-corrected chi connectivity index (χ2v) is 5.04. The topological polar surface area (TPSA) is 68.0 Å². The molecule has 106 valence electrons. The molecular formula is C16H21N3O. The van der Waals surface area contributed by atoms with Crippen LogP contribution in [0.4, 0.5) is 0 Å². The van der Waals surface area contributed by atoms with E-state index < -0.39 is 0 Å². The van der Waals surface area contributed by atoms with Crippen LogP contribution in [-0.2, 0) is 0 Å². The summed E-state index contributed by atoms with van der Waals surface area (Å²) in [5.41, 5.74) is 8.23. The number of hydrogen-bond donors (Lipinski definition) is 2. The molecule has 1 aromatic heterocycles. The van der Waals surface area contributed by atoms with Gasteiger partial charge in [0.15, 0.2) is 0 Å². The minimum atomic E-state index is -0.0602. The van der Waals surface area contributed by atoms with E-state index in [1.165, 1.54) is 0 Å². The van der Waals surface area contributed by atoms with Gasteiger partial charge in [-0.15, -0.1) is 0 Å². The number of pyridine rings is 1. The van der Waals surface area contributed by atoms with Gasteiger partial charge in [-0.2, -0.15) is 0 Å². The lowest BCUT2D eigenvalue weighted by Gasteiger charge is -2.11. The molecule has 1 heterocycles. The molecule has 0 spiro atoms. The number of nitrogens with two attached hydrogens (primary N) is 1. The molecule has 1 unspecified atom stereocenters. The van der Waals surface area contributed by atoms with Gasteiger partial charge >= 0.3 is 0 Å². The summed E-state index contributed by atoms with van der Waals surface area (Å²) in [6.07, 6.45) is 1.72. The Hall–Kier alpha value is -1.94. The van der Waals surface area contributed by atoms with Gasteiger partial charge < -0.3 is 11.1 Å². The van der Waals surface area contributed by atoms with Gasteiger partial charge in [-0.05, 0) is 31.9 Å². The van der Waals surface area contributed by atoms with Crippen molar-refractivity contribution in [1.82, 2.24) is 10.3 Å². The zero-order valence-electron chi connectivity index (χ0n) is 12.0. The van der Waals surface area contributed by atoms with E-state index in [1.54, 1.807) is 0 Å². The van der Waals surface area contributed by atoms with Crippen LogP contribution in [0.1, 0.15) is 35.8 Å². The maximum absolute atomic E-state index is 12.3. The van der Waals surface area contributed by atoms with E-state index >= 15 is 0 Å². The van der Waals surface area contributed by atoms with E-state index in [0.717, 1.165) is 29.4 Å². The highest BCUT2D eigenvalue weighted by molar-refractivity contribution is 6.06. The number of aryl methyl sites for hydroxylation is 1. The minimum absolute atomic E-state index is 0.0602. The molecule has 4 heteroatoms. The van der Waals surface area contributed by atoms with E-state index in [4.69, 9.17) is 5.73 Å². The highest BCUT2D eigenvalue weighted by Crippen LogP contribution is 2.18. The molecule has 0 aliphatic heterocycles. The van der Waals surface area contributed by atoms with Gasteiger partial charge in [-0.1, -0.05) is 25.1 Å². The molecule has 0 bridgehead atoms. The Morgan fingerprint density at radius 1 is 1.40 bits per heavy atom. The number of carbonyl (C=O) groups is 1. The Morgan fingerprint density at radius 2 is 2.15 bits per heavy atom. The first-order valence-corrected chi connectivity index (χ1v) is 7.02. The van der Waals surface area contributed by atoms with Crippen LogP contribution in [0.3, 0.4) is 0 Å². The van der Waals surface area contributed by atoms with Crippen molar-refractivity contribution in [1.29, 1.82) is 0 Å². The molecule has 1 atom stereocenters. The SMILES string of the molecule is CCC(N)CCNC(=O)c1cc(C)nc2ccccc12. The molecule has 0 saturated heterocycles. The fraction of sp³-hybridized carbons (Fsp3) is 0.375. The fourth-order valence-corrected chi connectivity index (χ4v) is 2.17. The van der Waals surface area contributed by atoms with E-state index in [1.807, 2.05) is 44.2 Å². The Labute approximate surface area is 119 Å². The molecule has 0 saturated carbocycles. The first-order valence-electron chi connectivity index (χ1n) is 7.02. The molecule has 0 aliphatic rings. The summed E-state index contributed by atoms with van der Waals surface area (Å²) in [7, 11) is 0. The number of benzene rings is 1. The largest absolute Gasteiger partial charge is 0.352 e.